The summed E-state index contributed by atoms with van der Waals surface area (Å²) in [6.07, 6.45) is 0. The molecule has 0 atom stereocenters. The molecule has 0 saturated heterocycles. The van der Waals surface area contributed by atoms with Crippen LogP contribution in [0.25, 0.3) is 0 Å². The Balaban J connectivity index is 2.66. The van der Waals surface area contributed by atoms with E-state index in [1.54, 1.807) is 11.3 Å². The van der Waals surface area contributed by atoms with E-state index in [9.17, 15) is 0 Å². The van der Waals surface area contributed by atoms with Gasteiger partial charge in [-0.2, -0.15) is 0 Å². The van der Waals surface area contributed by atoms with E-state index >= 15 is 0 Å². The van der Waals surface area contributed by atoms with Crippen LogP contribution >= 0.6 is 11.3 Å². The number of nitrogens with zero attached hydrogens (tertiary/aromatic N) is 2. The molecule has 1 aromatic rings. The molecule has 62 valence electrons. The van der Waals surface area contributed by atoms with Gasteiger partial charge in [-0.15, -0.1) is 10.2 Å². The second-order valence-electron chi connectivity index (χ2n) is 2.63. The Kier molecular flexibility index (Phi) is 2.82. The fraction of sp³-hybridized carbons (Fsp3) is 0.714. The van der Waals surface area contributed by atoms with Gasteiger partial charge in [-0.1, -0.05) is 25.2 Å². The molecule has 1 heterocycles. The number of hydrogen-bond donors (Lipinski definition) is 1. The standard InChI is InChI=1S/C7H13N3S/c1-4-8-7-10-9-6(11-7)5(2)3/h5H,4H2,1-3H3,(H,8,10). The molecule has 0 radical (unpaired) electrons. The van der Waals surface area contributed by atoms with Crippen LogP contribution < -0.4 is 5.32 Å². The zero-order valence-electron chi connectivity index (χ0n) is 7.09. The Bertz CT molecular complexity index is 219. The van der Waals surface area contributed by atoms with E-state index in [1.165, 1.54) is 0 Å². The maximum absolute atomic E-state index is 4.04. The van der Waals surface area contributed by atoms with E-state index < -0.39 is 0 Å². The molecule has 11 heavy (non-hydrogen) atoms. The molecule has 0 spiro atoms. The highest BCUT2D eigenvalue weighted by atomic mass is 32.1. The van der Waals surface area contributed by atoms with Crippen molar-refractivity contribution in [1.29, 1.82) is 0 Å². The molecule has 0 fully saturated rings. The first-order chi connectivity index (χ1) is 5.24. The van der Waals surface area contributed by atoms with Crippen LogP contribution in [0.1, 0.15) is 31.7 Å². The van der Waals surface area contributed by atoms with E-state index in [2.05, 4.69) is 36.3 Å². The topological polar surface area (TPSA) is 37.8 Å². The Morgan fingerprint density at radius 2 is 2.18 bits per heavy atom. The summed E-state index contributed by atoms with van der Waals surface area (Å²) < 4.78 is 0. The lowest BCUT2D eigenvalue weighted by molar-refractivity contribution is 0.825. The highest BCUT2D eigenvalue weighted by Gasteiger charge is 2.05. The summed E-state index contributed by atoms with van der Waals surface area (Å²) in [5, 5.41) is 13.2. The van der Waals surface area contributed by atoms with Crippen LogP contribution in [0.2, 0.25) is 0 Å². The van der Waals surface area contributed by atoms with Crippen molar-refractivity contribution in [2.24, 2.45) is 0 Å². The first-order valence-corrected chi connectivity index (χ1v) is 4.63. The molecule has 0 amide bonds. The molecule has 1 rings (SSSR count). The molecule has 0 aliphatic heterocycles. The lowest BCUT2D eigenvalue weighted by Gasteiger charge is -1.94. The average Bonchev–Trinajstić information content (AvgIpc) is 2.37. The molecule has 0 aliphatic rings. The van der Waals surface area contributed by atoms with Gasteiger partial charge in [0.15, 0.2) is 0 Å². The molecule has 0 aliphatic carbocycles. The summed E-state index contributed by atoms with van der Waals surface area (Å²) in [6, 6.07) is 0. The van der Waals surface area contributed by atoms with E-state index in [-0.39, 0.29) is 0 Å². The smallest absolute Gasteiger partial charge is 0.205 e. The van der Waals surface area contributed by atoms with Gasteiger partial charge < -0.3 is 5.32 Å². The summed E-state index contributed by atoms with van der Waals surface area (Å²) in [5.74, 6) is 0.486. The quantitative estimate of drug-likeness (QED) is 0.756. The van der Waals surface area contributed by atoms with Crippen LogP contribution in [0.15, 0.2) is 0 Å². The lowest BCUT2D eigenvalue weighted by atomic mass is 10.2. The Hall–Kier alpha value is -0.640. The van der Waals surface area contributed by atoms with Crippen LogP contribution in [0, 0.1) is 0 Å². The SMILES string of the molecule is CCNc1nnc(C(C)C)s1. The van der Waals surface area contributed by atoms with E-state index in [0.717, 1.165) is 16.7 Å². The number of rotatable bonds is 3. The number of anilines is 1. The predicted molar refractivity (Wildman–Crippen MR) is 48.2 cm³/mol. The third-order valence-electron chi connectivity index (χ3n) is 1.26. The Morgan fingerprint density at radius 1 is 1.45 bits per heavy atom. The summed E-state index contributed by atoms with van der Waals surface area (Å²) in [6.45, 7) is 7.20. The van der Waals surface area contributed by atoms with Crippen molar-refractivity contribution in [2.75, 3.05) is 11.9 Å². The van der Waals surface area contributed by atoms with Crippen molar-refractivity contribution in [3.8, 4) is 0 Å². The van der Waals surface area contributed by atoms with Crippen LogP contribution in [-0.2, 0) is 0 Å². The molecular formula is C7H13N3S. The molecule has 0 bridgehead atoms. The minimum Gasteiger partial charge on any atom is -0.360 e. The second-order valence-corrected chi connectivity index (χ2v) is 3.64. The highest BCUT2D eigenvalue weighted by molar-refractivity contribution is 7.15. The van der Waals surface area contributed by atoms with Crippen molar-refractivity contribution in [1.82, 2.24) is 10.2 Å². The monoisotopic (exact) mass is 171 g/mol. The second kappa shape index (κ2) is 3.67. The maximum Gasteiger partial charge on any atom is 0.205 e. The van der Waals surface area contributed by atoms with Crippen molar-refractivity contribution < 1.29 is 0 Å². The number of nitrogens with one attached hydrogen (secondary N) is 1. The molecule has 0 unspecified atom stereocenters. The van der Waals surface area contributed by atoms with Gasteiger partial charge in [0.05, 0.1) is 0 Å². The summed E-state index contributed by atoms with van der Waals surface area (Å²) in [7, 11) is 0. The highest BCUT2D eigenvalue weighted by Crippen LogP contribution is 2.21. The first kappa shape index (κ1) is 8.46. The molecule has 1 N–H and O–H groups in total. The van der Waals surface area contributed by atoms with Crippen molar-refractivity contribution in [3.05, 3.63) is 5.01 Å². The van der Waals surface area contributed by atoms with E-state index in [1.807, 2.05) is 0 Å². The van der Waals surface area contributed by atoms with Crippen LogP contribution in [0.4, 0.5) is 5.13 Å². The van der Waals surface area contributed by atoms with Crippen LogP contribution in [-0.4, -0.2) is 16.7 Å². The summed E-state index contributed by atoms with van der Waals surface area (Å²) in [4.78, 5) is 0. The van der Waals surface area contributed by atoms with Crippen LogP contribution in [0.3, 0.4) is 0 Å². The molecule has 1 aromatic heterocycles. The first-order valence-electron chi connectivity index (χ1n) is 3.81. The molecule has 0 saturated carbocycles. The summed E-state index contributed by atoms with van der Waals surface area (Å²) in [5.41, 5.74) is 0. The average molecular weight is 171 g/mol. The van der Waals surface area contributed by atoms with Crippen molar-refractivity contribution in [2.45, 2.75) is 26.7 Å². The van der Waals surface area contributed by atoms with Gasteiger partial charge in [0.2, 0.25) is 5.13 Å². The van der Waals surface area contributed by atoms with Gasteiger partial charge in [-0.3, -0.25) is 0 Å². The summed E-state index contributed by atoms with van der Waals surface area (Å²) >= 11 is 1.63. The van der Waals surface area contributed by atoms with E-state index in [0.29, 0.717) is 5.92 Å². The molecule has 0 aromatic carbocycles. The minimum absolute atomic E-state index is 0.486. The molecule has 3 nitrogen and oxygen atoms in total. The van der Waals surface area contributed by atoms with Gasteiger partial charge in [0, 0.05) is 12.5 Å². The van der Waals surface area contributed by atoms with Gasteiger partial charge in [-0.05, 0) is 6.92 Å². The zero-order valence-corrected chi connectivity index (χ0v) is 7.90. The normalized spacial score (nSPS) is 10.5. The molecule has 4 heteroatoms. The van der Waals surface area contributed by atoms with Gasteiger partial charge in [0.25, 0.3) is 0 Å². The fourth-order valence-electron chi connectivity index (χ4n) is 0.691. The number of hydrogen-bond acceptors (Lipinski definition) is 4. The largest absolute Gasteiger partial charge is 0.360 e. The Labute approximate surface area is 70.9 Å². The van der Waals surface area contributed by atoms with Crippen molar-refractivity contribution in [3.63, 3.8) is 0 Å². The fourth-order valence-corrected chi connectivity index (χ4v) is 1.50. The lowest BCUT2D eigenvalue weighted by Crippen LogP contribution is -1.94. The zero-order chi connectivity index (χ0) is 8.27. The third-order valence-corrected chi connectivity index (χ3v) is 2.44. The number of aromatic nitrogens is 2. The van der Waals surface area contributed by atoms with Crippen molar-refractivity contribution >= 4 is 16.5 Å². The maximum atomic E-state index is 4.04. The third kappa shape index (κ3) is 2.15. The van der Waals surface area contributed by atoms with E-state index in [4.69, 9.17) is 0 Å². The van der Waals surface area contributed by atoms with Gasteiger partial charge in [0.1, 0.15) is 5.01 Å². The van der Waals surface area contributed by atoms with Crippen LogP contribution in [0.5, 0.6) is 0 Å². The Morgan fingerprint density at radius 3 is 2.64 bits per heavy atom. The van der Waals surface area contributed by atoms with Gasteiger partial charge in [-0.25, -0.2) is 0 Å². The van der Waals surface area contributed by atoms with Gasteiger partial charge >= 0.3 is 0 Å². The predicted octanol–water partition coefficient (Wildman–Crippen LogP) is 2.09. The molecular weight excluding hydrogens is 158 g/mol. The minimum atomic E-state index is 0.486.